The summed E-state index contributed by atoms with van der Waals surface area (Å²) >= 11 is 0. The number of benzene rings is 2. The second kappa shape index (κ2) is 6.64. The number of non-ortho nitro benzene ring substituents is 1. The SMILES string of the molecule is COc1ccc(CN2C(=O)C(C#N)C(=O)c3ccc([N+](=O)[O-])cc32)cc1. The number of hydrogen-bond acceptors (Lipinski definition) is 6. The quantitative estimate of drug-likeness (QED) is 0.475. The van der Waals surface area contributed by atoms with Crippen LogP contribution >= 0.6 is 0 Å². The van der Waals surface area contributed by atoms with Gasteiger partial charge in [-0.1, -0.05) is 12.1 Å². The van der Waals surface area contributed by atoms with Crippen LogP contribution in [0.4, 0.5) is 11.4 Å². The van der Waals surface area contributed by atoms with Gasteiger partial charge in [0.15, 0.2) is 11.7 Å². The van der Waals surface area contributed by atoms with Crippen molar-refractivity contribution in [1.29, 1.82) is 5.26 Å². The molecule has 1 atom stereocenters. The van der Waals surface area contributed by atoms with E-state index in [9.17, 15) is 25.0 Å². The number of nitro benzene ring substituents is 1. The molecule has 8 heteroatoms. The monoisotopic (exact) mass is 351 g/mol. The Labute approximate surface area is 148 Å². The lowest BCUT2D eigenvalue weighted by molar-refractivity contribution is -0.384. The molecule has 0 fully saturated rings. The van der Waals surface area contributed by atoms with Crippen LogP contribution in [0, 0.1) is 27.4 Å². The van der Waals surface area contributed by atoms with Gasteiger partial charge in [-0.15, -0.1) is 0 Å². The molecule has 3 rings (SSSR count). The summed E-state index contributed by atoms with van der Waals surface area (Å²) in [6, 6.07) is 12.3. The van der Waals surface area contributed by atoms with Crippen molar-refractivity contribution in [1.82, 2.24) is 0 Å². The zero-order valence-corrected chi connectivity index (χ0v) is 13.7. The summed E-state index contributed by atoms with van der Waals surface area (Å²) in [5, 5.41) is 20.3. The number of nitro groups is 1. The summed E-state index contributed by atoms with van der Waals surface area (Å²) in [4.78, 5) is 36.7. The summed E-state index contributed by atoms with van der Waals surface area (Å²) in [6.45, 7) is 0.0719. The molecule has 1 aliphatic rings. The van der Waals surface area contributed by atoms with Crippen molar-refractivity contribution in [2.75, 3.05) is 12.0 Å². The van der Waals surface area contributed by atoms with E-state index < -0.39 is 22.5 Å². The topological polar surface area (TPSA) is 114 Å². The Morgan fingerprint density at radius 1 is 1.23 bits per heavy atom. The fraction of sp³-hybridized carbons (Fsp3) is 0.167. The fourth-order valence-electron chi connectivity index (χ4n) is 2.80. The maximum Gasteiger partial charge on any atom is 0.271 e. The molecule has 1 unspecified atom stereocenters. The van der Waals surface area contributed by atoms with E-state index in [2.05, 4.69) is 0 Å². The van der Waals surface area contributed by atoms with Crippen LogP contribution in [0.15, 0.2) is 42.5 Å². The predicted octanol–water partition coefficient (Wildman–Crippen LogP) is 2.47. The zero-order chi connectivity index (χ0) is 18.8. The van der Waals surface area contributed by atoms with Crippen molar-refractivity contribution in [3.8, 4) is 11.8 Å². The number of amides is 1. The van der Waals surface area contributed by atoms with Gasteiger partial charge in [-0.3, -0.25) is 19.7 Å². The molecular weight excluding hydrogens is 338 g/mol. The molecule has 2 aromatic rings. The first-order valence-electron chi connectivity index (χ1n) is 7.63. The van der Waals surface area contributed by atoms with E-state index in [-0.39, 0.29) is 23.5 Å². The number of rotatable bonds is 4. The van der Waals surface area contributed by atoms with Crippen LogP contribution in [0.1, 0.15) is 15.9 Å². The van der Waals surface area contributed by atoms with Gasteiger partial charge in [-0.2, -0.15) is 5.26 Å². The molecule has 1 aliphatic heterocycles. The highest BCUT2D eigenvalue weighted by Crippen LogP contribution is 2.34. The van der Waals surface area contributed by atoms with Gasteiger partial charge < -0.3 is 9.64 Å². The van der Waals surface area contributed by atoms with E-state index in [4.69, 9.17) is 4.74 Å². The molecule has 130 valence electrons. The second-order valence-corrected chi connectivity index (χ2v) is 5.66. The normalized spacial score (nSPS) is 16.0. The number of Topliss-reactive ketones (excluding diaryl/α,β-unsaturated/α-hetero) is 1. The minimum absolute atomic E-state index is 0.0719. The molecule has 1 heterocycles. The summed E-state index contributed by atoms with van der Waals surface area (Å²) in [6.07, 6.45) is 0. The van der Waals surface area contributed by atoms with Crippen LogP contribution in [-0.4, -0.2) is 23.7 Å². The molecule has 8 nitrogen and oxygen atoms in total. The van der Waals surface area contributed by atoms with Crippen molar-refractivity contribution in [2.45, 2.75) is 6.54 Å². The van der Waals surface area contributed by atoms with E-state index in [1.54, 1.807) is 30.3 Å². The minimum Gasteiger partial charge on any atom is -0.497 e. The first-order valence-corrected chi connectivity index (χ1v) is 7.63. The molecular formula is C18H13N3O5. The number of hydrogen-bond donors (Lipinski definition) is 0. The highest BCUT2D eigenvalue weighted by atomic mass is 16.6. The van der Waals surface area contributed by atoms with Gasteiger partial charge in [0.1, 0.15) is 5.75 Å². The molecule has 2 aromatic carbocycles. The number of fused-ring (bicyclic) bond motifs is 1. The van der Waals surface area contributed by atoms with Gasteiger partial charge in [-0.25, -0.2) is 0 Å². The van der Waals surface area contributed by atoms with Crippen LogP contribution in [0.2, 0.25) is 0 Å². The fourth-order valence-corrected chi connectivity index (χ4v) is 2.80. The Balaban J connectivity index is 2.07. The Hall–Kier alpha value is -3.73. The lowest BCUT2D eigenvalue weighted by Crippen LogP contribution is -2.43. The Kier molecular flexibility index (Phi) is 4.37. The van der Waals surface area contributed by atoms with E-state index in [1.807, 2.05) is 0 Å². The van der Waals surface area contributed by atoms with Crippen LogP contribution < -0.4 is 9.64 Å². The van der Waals surface area contributed by atoms with Crippen LogP contribution in [0.25, 0.3) is 0 Å². The third kappa shape index (κ3) is 2.86. The van der Waals surface area contributed by atoms with E-state index in [0.717, 1.165) is 5.56 Å². The highest BCUT2D eigenvalue weighted by Gasteiger charge is 2.40. The average Bonchev–Trinajstić information content (AvgIpc) is 2.65. The third-order valence-corrected chi connectivity index (χ3v) is 4.15. The van der Waals surface area contributed by atoms with Crippen LogP contribution in [0.3, 0.4) is 0 Å². The maximum atomic E-state index is 12.6. The summed E-state index contributed by atoms with van der Waals surface area (Å²) in [7, 11) is 1.53. The molecule has 0 spiro atoms. The number of nitrogens with zero attached hydrogens (tertiary/aromatic N) is 3. The molecule has 0 aromatic heterocycles. The molecule has 0 saturated carbocycles. The van der Waals surface area contributed by atoms with E-state index in [0.29, 0.717) is 5.75 Å². The van der Waals surface area contributed by atoms with Gasteiger partial charge in [-0.05, 0) is 23.8 Å². The highest BCUT2D eigenvalue weighted by molar-refractivity contribution is 6.23. The van der Waals surface area contributed by atoms with Gasteiger partial charge in [0.05, 0.1) is 30.3 Å². The van der Waals surface area contributed by atoms with E-state index >= 15 is 0 Å². The smallest absolute Gasteiger partial charge is 0.271 e. The van der Waals surface area contributed by atoms with E-state index in [1.165, 1.54) is 30.2 Å². The largest absolute Gasteiger partial charge is 0.497 e. The van der Waals surface area contributed by atoms with Gasteiger partial charge in [0.25, 0.3) is 11.6 Å². The Bertz CT molecular complexity index is 946. The van der Waals surface area contributed by atoms with Crippen LogP contribution in [-0.2, 0) is 11.3 Å². The predicted molar refractivity (Wildman–Crippen MR) is 90.7 cm³/mol. The lowest BCUT2D eigenvalue weighted by Gasteiger charge is -2.30. The maximum absolute atomic E-state index is 12.6. The average molecular weight is 351 g/mol. The molecule has 26 heavy (non-hydrogen) atoms. The van der Waals surface area contributed by atoms with Crippen molar-refractivity contribution in [2.24, 2.45) is 5.92 Å². The molecule has 0 aliphatic carbocycles. The van der Waals surface area contributed by atoms with Crippen molar-refractivity contribution in [3.63, 3.8) is 0 Å². The number of anilines is 1. The molecule has 0 saturated heterocycles. The van der Waals surface area contributed by atoms with Crippen molar-refractivity contribution < 1.29 is 19.2 Å². The molecule has 0 N–H and O–H groups in total. The Morgan fingerprint density at radius 3 is 2.50 bits per heavy atom. The first kappa shape index (κ1) is 17.1. The molecule has 0 bridgehead atoms. The number of methoxy groups -OCH3 is 1. The Morgan fingerprint density at radius 2 is 1.92 bits per heavy atom. The van der Waals surface area contributed by atoms with Crippen molar-refractivity contribution >= 4 is 23.1 Å². The molecule has 0 radical (unpaired) electrons. The standard InChI is InChI=1S/C18H13N3O5/c1-26-13-5-2-11(3-6-13)10-20-16-8-12(21(24)25)4-7-14(16)17(22)15(9-19)18(20)23/h2-8,15H,10H2,1H3. The van der Waals surface area contributed by atoms with Gasteiger partial charge >= 0.3 is 0 Å². The third-order valence-electron chi connectivity index (χ3n) is 4.15. The summed E-state index contributed by atoms with van der Waals surface area (Å²) in [5.74, 6) is -2.16. The molecule has 1 amide bonds. The minimum atomic E-state index is -1.46. The van der Waals surface area contributed by atoms with Crippen molar-refractivity contribution in [3.05, 3.63) is 63.7 Å². The summed E-state index contributed by atoms with van der Waals surface area (Å²) < 4.78 is 5.08. The second-order valence-electron chi connectivity index (χ2n) is 5.66. The summed E-state index contributed by atoms with van der Waals surface area (Å²) in [5.41, 5.74) is 0.744. The number of carbonyl (C=O) groups is 2. The number of nitriles is 1. The van der Waals surface area contributed by atoms with Gasteiger partial charge in [0, 0.05) is 17.7 Å². The van der Waals surface area contributed by atoms with Crippen LogP contribution in [0.5, 0.6) is 5.75 Å². The number of carbonyl (C=O) groups excluding carboxylic acids is 2. The number of ether oxygens (including phenoxy) is 1. The lowest BCUT2D eigenvalue weighted by atomic mass is 9.90. The van der Waals surface area contributed by atoms with Gasteiger partial charge in [0.2, 0.25) is 0 Å². The zero-order valence-electron chi connectivity index (χ0n) is 13.7. The first-order chi connectivity index (χ1) is 12.5. The number of ketones is 1.